The first-order chi connectivity index (χ1) is 8.91. The summed E-state index contributed by atoms with van der Waals surface area (Å²) in [5.74, 6) is 0. The second-order valence-corrected chi connectivity index (χ2v) is 4.46. The maximum atomic E-state index is 11.8. The van der Waals surface area contributed by atoms with Crippen LogP contribution >= 0.6 is 15.9 Å². The van der Waals surface area contributed by atoms with E-state index in [0.29, 0.717) is 4.73 Å². The molecule has 0 unspecified atom stereocenters. The van der Waals surface area contributed by atoms with Crippen molar-refractivity contribution < 1.29 is 9.90 Å². The van der Waals surface area contributed by atoms with E-state index in [4.69, 9.17) is 5.11 Å². The van der Waals surface area contributed by atoms with Gasteiger partial charge in [-0.05, 0) is 15.9 Å². The number of carbonyl (C=O) groups is 1. The van der Waals surface area contributed by atoms with E-state index in [1.807, 2.05) is 0 Å². The van der Waals surface area contributed by atoms with Gasteiger partial charge in [0, 0.05) is 20.1 Å². The van der Waals surface area contributed by atoms with Gasteiger partial charge in [-0.1, -0.05) is 0 Å². The van der Waals surface area contributed by atoms with Crippen LogP contribution in [0.4, 0.5) is 4.79 Å². The average molecular weight is 332 g/mol. The molecular weight excluding hydrogens is 322 g/mol. The number of hydrogen-bond donors (Lipinski definition) is 3. The highest BCUT2D eigenvalue weighted by Gasteiger charge is 2.15. The first-order valence-electron chi connectivity index (χ1n) is 5.23. The summed E-state index contributed by atoms with van der Waals surface area (Å²) in [6.45, 7) is 0.326. The highest BCUT2D eigenvalue weighted by molar-refractivity contribution is 9.10. The van der Waals surface area contributed by atoms with Crippen LogP contribution in [0.2, 0.25) is 0 Å². The van der Waals surface area contributed by atoms with Gasteiger partial charge in [0.25, 0.3) is 5.56 Å². The van der Waals surface area contributed by atoms with Gasteiger partial charge >= 0.3 is 11.8 Å². The minimum atomic E-state index is -1.15. The standard InChI is InChI=1S/C9H10BrN5O4/c1-14-5-4(6(16)13-8(14)17)15(7(10)12-5)3-2-11-9(18)19/h11H,2-3H2,1H3,(H,18,19)(H,13,16,17). The largest absolute Gasteiger partial charge is 0.465 e. The van der Waals surface area contributed by atoms with Crippen molar-refractivity contribution in [2.45, 2.75) is 6.54 Å². The molecular formula is C9H10BrN5O4. The third kappa shape index (κ3) is 2.38. The van der Waals surface area contributed by atoms with E-state index < -0.39 is 17.3 Å². The van der Waals surface area contributed by atoms with Gasteiger partial charge in [0.15, 0.2) is 15.9 Å². The number of fused-ring (bicyclic) bond motifs is 1. The smallest absolute Gasteiger partial charge is 0.404 e. The van der Waals surface area contributed by atoms with Crippen molar-refractivity contribution in [2.75, 3.05) is 6.54 Å². The first-order valence-corrected chi connectivity index (χ1v) is 6.03. The Hall–Kier alpha value is -2.10. The Balaban J connectivity index is 2.53. The van der Waals surface area contributed by atoms with Crippen LogP contribution in [-0.2, 0) is 13.6 Å². The summed E-state index contributed by atoms with van der Waals surface area (Å²) in [6, 6.07) is 0. The van der Waals surface area contributed by atoms with Crippen molar-refractivity contribution >= 4 is 33.2 Å². The fourth-order valence-corrected chi connectivity index (χ4v) is 2.21. The minimum Gasteiger partial charge on any atom is -0.465 e. The molecule has 9 nitrogen and oxygen atoms in total. The van der Waals surface area contributed by atoms with Crippen molar-refractivity contribution in [2.24, 2.45) is 7.05 Å². The molecule has 0 bridgehead atoms. The van der Waals surface area contributed by atoms with Gasteiger partial charge in [-0.15, -0.1) is 0 Å². The molecule has 0 saturated heterocycles. The SMILES string of the molecule is Cn1c(=O)[nH]c(=O)c2c1nc(Br)n2CCNC(=O)O. The lowest BCUT2D eigenvalue weighted by Gasteiger charge is -2.05. The molecule has 102 valence electrons. The fraction of sp³-hybridized carbons (Fsp3) is 0.333. The van der Waals surface area contributed by atoms with Crippen LogP contribution < -0.4 is 16.6 Å². The molecule has 10 heteroatoms. The van der Waals surface area contributed by atoms with E-state index in [1.54, 1.807) is 0 Å². The first kappa shape index (κ1) is 13.3. The molecule has 0 radical (unpaired) electrons. The molecule has 19 heavy (non-hydrogen) atoms. The number of nitrogens with zero attached hydrogens (tertiary/aromatic N) is 3. The zero-order valence-corrected chi connectivity index (χ0v) is 11.4. The molecule has 0 aromatic carbocycles. The highest BCUT2D eigenvalue weighted by atomic mass is 79.9. The molecule has 2 rings (SSSR count). The van der Waals surface area contributed by atoms with Crippen molar-refractivity contribution in [3.8, 4) is 0 Å². The molecule has 1 amide bonds. The highest BCUT2D eigenvalue weighted by Crippen LogP contribution is 2.15. The van der Waals surface area contributed by atoms with E-state index in [1.165, 1.54) is 16.2 Å². The van der Waals surface area contributed by atoms with Gasteiger partial charge in [-0.2, -0.15) is 0 Å². The van der Waals surface area contributed by atoms with Crippen molar-refractivity contribution in [3.05, 3.63) is 25.6 Å². The molecule has 0 saturated carbocycles. The summed E-state index contributed by atoms with van der Waals surface area (Å²) >= 11 is 3.18. The monoisotopic (exact) mass is 331 g/mol. The van der Waals surface area contributed by atoms with Crippen molar-refractivity contribution in [1.29, 1.82) is 0 Å². The normalized spacial score (nSPS) is 10.8. The molecule has 0 aliphatic heterocycles. The van der Waals surface area contributed by atoms with E-state index >= 15 is 0 Å². The number of amides is 1. The van der Waals surface area contributed by atoms with Gasteiger partial charge in [0.1, 0.15) is 0 Å². The summed E-state index contributed by atoms with van der Waals surface area (Å²) in [5, 5.41) is 10.7. The Morgan fingerprint density at radius 3 is 2.84 bits per heavy atom. The van der Waals surface area contributed by atoms with Crippen LogP contribution in [0.15, 0.2) is 14.3 Å². The number of rotatable bonds is 3. The zero-order valence-electron chi connectivity index (χ0n) is 9.81. The summed E-state index contributed by atoms with van der Waals surface area (Å²) in [5.41, 5.74) is -0.679. The Kier molecular flexibility index (Phi) is 3.42. The summed E-state index contributed by atoms with van der Waals surface area (Å²) < 4.78 is 3.05. The third-order valence-electron chi connectivity index (χ3n) is 2.57. The molecule has 2 heterocycles. The van der Waals surface area contributed by atoms with Crippen LogP contribution in [0, 0.1) is 0 Å². The number of aromatic nitrogens is 4. The van der Waals surface area contributed by atoms with Gasteiger partial charge in [-0.3, -0.25) is 14.3 Å². The molecule has 0 fully saturated rings. The van der Waals surface area contributed by atoms with Crippen LogP contribution in [0.5, 0.6) is 0 Å². The van der Waals surface area contributed by atoms with Crippen LogP contribution in [0.25, 0.3) is 11.2 Å². The number of H-pyrrole nitrogens is 1. The number of aromatic amines is 1. The lowest BCUT2D eigenvalue weighted by Crippen LogP contribution is -2.30. The predicted molar refractivity (Wildman–Crippen MR) is 69.3 cm³/mol. The lowest BCUT2D eigenvalue weighted by atomic mass is 10.5. The number of imidazole rings is 1. The molecule has 0 atom stereocenters. The zero-order chi connectivity index (χ0) is 14.2. The van der Waals surface area contributed by atoms with Crippen molar-refractivity contribution in [3.63, 3.8) is 0 Å². The Morgan fingerprint density at radius 1 is 1.53 bits per heavy atom. The maximum absolute atomic E-state index is 11.8. The van der Waals surface area contributed by atoms with Crippen LogP contribution in [0.1, 0.15) is 0 Å². The molecule has 2 aromatic heterocycles. The number of halogens is 1. The molecule has 0 spiro atoms. The molecule has 3 N–H and O–H groups in total. The minimum absolute atomic E-state index is 0.113. The predicted octanol–water partition coefficient (Wildman–Crippen LogP) is -0.547. The summed E-state index contributed by atoms with van der Waals surface area (Å²) in [4.78, 5) is 39.9. The fourth-order valence-electron chi connectivity index (χ4n) is 1.69. The van der Waals surface area contributed by atoms with Crippen molar-refractivity contribution in [1.82, 2.24) is 24.4 Å². The van der Waals surface area contributed by atoms with E-state index in [-0.39, 0.29) is 24.3 Å². The van der Waals surface area contributed by atoms with E-state index in [2.05, 4.69) is 31.2 Å². The number of hydrogen-bond acceptors (Lipinski definition) is 4. The number of carboxylic acid groups (broad SMARTS) is 1. The Morgan fingerprint density at radius 2 is 2.21 bits per heavy atom. The Bertz CT molecular complexity index is 758. The second kappa shape index (κ2) is 4.88. The van der Waals surface area contributed by atoms with Gasteiger partial charge in [0.05, 0.1) is 0 Å². The number of nitrogens with one attached hydrogen (secondary N) is 2. The Labute approximate surface area is 114 Å². The molecule has 0 aliphatic rings. The lowest BCUT2D eigenvalue weighted by molar-refractivity contribution is 0.194. The van der Waals surface area contributed by atoms with E-state index in [0.717, 1.165) is 0 Å². The quantitative estimate of drug-likeness (QED) is 0.651. The molecule has 0 aliphatic carbocycles. The van der Waals surface area contributed by atoms with Crippen LogP contribution in [0.3, 0.4) is 0 Å². The second-order valence-electron chi connectivity index (χ2n) is 3.75. The van der Waals surface area contributed by atoms with Gasteiger partial charge in [-0.25, -0.2) is 14.6 Å². The topological polar surface area (TPSA) is 122 Å². The van der Waals surface area contributed by atoms with Gasteiger partial charge < -0.3 is 15.0 Å². The summed E-state index contributed by atoms with van der Waals surface area (Å²) in [6.07, 6.45) is -1.15. The molecule has 2 aromatic rings. The average Bonchev–Trinajstić information content (AvgIpc) is 2.64. The van der Waals surface area contributed by atoms with E-state index in [9.17, 15) is 14.4 Å². The maximum Gasteiger partial charge on any atom is 0.404 e. The summed E-state index contributed by atoms with van der Waals surface area (Å²) in [7, 11) is 1.49. The van der Waals surface area contributed by atoms with Crippen LogP contribution in [-0.4, -0.2) is 36.8 Å². The number of aryl methyl sites for hydroxylation is 1. The van der Waals surface area contributed by atoms with Gasteiger partial charge in [0.2, 0.25) is 0 Å². The third-order valence-corrected chi connectivity index (χ3v) is 3.18.